The predicted molar refractivity (Wildman–Crippen MR) is 101 cm³/mol. The Bertz CT molecular complexity index is 724. The van der Waals surface area contributed by atoms with E-state index in [-0.39, 0.29) is 10.4 Å². The van der Waals surface area contributed by atoms with E-state index in [2.05, 4.69) is 0 Å². The molecule has 0 saturated heterocycles. The minimum absolute atomic E-state index is 0.109. The van der Waals surface area contributed by atoms with Gasteiger partial charge in [0.25, 0.3) is 0 Å². The minimum Gasteiger partial charge on any atom is -0.476 e. The molecule has 0 radical (unpaired) electrons. The number of esters is 1. The van der Waals surface area contributed by atoms with E-state index in [1.807, 2.05) is 22.6 Å². The number of benzene rings is 2. The fourth-order valence-corrected chi connectivity index (χ4v) is 2.41. The van der Waals surface area contributed by atoms with Gasteiger partial charge in [0.15, 0.2) is 11.4 Å². The Balaban J connectivity index is 2.11. The molecule has 2 rings (SSSR count). The van der Waals surface area contributed by atoms with Crippen molar-refractivity contribution >= 4 is 45.9 Å². The molecule has 0 unspecified atom stereocenters. The average molecular weight is 459 g/mol. The van der Waals surface area contributed by atoms with Crippen LogP contribution in [0.4, 0.5) is 0 Å². The SMILES string of the molecule is CC(C)(Oc1ccc(C(=O)c2ccc(Cl)cc2)cc1)C(=O)OCI. The van der Waals surface area contributed by atoms with Crippen LogP contribution in [0.1, 0.15) is 29.8 Å². The third-order valence-electron chi connectivity index (χ3n) is 3.27. The molecule has 6 heteroatoms. The lowest BCUT2D eigenvalue weighted by Crippen LogP contribution is -2.39. The number of ether oxygens (including phenoxy) is 2. The number of halogens is 2. The number of carbonyl (C=O) groups is 2. The Morgan fingerprint density at radius 2 is 1.50 bits per heavy atom. The minimum atomic E-state index is -1.10. The number of alkyl halides is 1. The Kier molecular flexibility index (Phi) is 6.23. The first kappa shape index (κ1) is 18.7. The number of carbonyl (C=O) groups excluding carboxylic acids is 2. The van der Waals surface area contributed by atoms with Gasteiger partial charge in [0.2, 0.25) is 0 Å². The highest BCUT2D eigenvalue weighted by Gasteiger charge is 2.31. The summed E-state index contributed by atoms with van der Waals surface area (Å²) in [5.74, 6) is -0.0712. The van der Waals surface area contributed by atoms with Gasteiger partial charge in [0.05, 0.1) is 0 Å². The van der Waals surface area contributed by atoms with Crippen molar-refractivity contribution in [2.75, 3.05) is 4.61 Å². The second-order valence-corrected chi connectivity index (χ2v) is 6.57. The second kappa shape index (κ2) is 7.98. The average Bonchev–Trinajstić information content (AvgIpc) is 2.55. The summed E-state index contributed by atoms with van der Waals surface area (Å²) in [6.45, 7) is 3.27. The maximum absolute atomic E-state index is 12.4. The first-order valence-electron chi connectivity index (χ1n) is 7.16. The highest BCUT2D eigenvalue weighted by molar-refractivity contribution is 14.1. The van der Waals surface area contributed by atoms with E-state index in [9.17, 15) is 9.59 Å². The highest BCUT2D eigenvalue weighted by atomic mass is 127. The molecule has 0 spiro atoms. The number of hydrogen-bond donors (Lipinski definition) is 0. The summed E-state index contributed by atoms with van der Waals surface area (Å²) in [6, 6.07) is 13.3. The summed E-state index contributed by atoms with van der Waals surface area (Å²) in [6.07, 6.45) is 0. The number of ketones is 1. The number of rotatable bonds is 6. The van der Waals surface area contributed by atoms with Gasteiger partial charge in [-0.25, -0.2) is 4.79 Å². The molecular formula is C18H16ClIO4. The Hall–Kier alpha value is -1.60. The van der Waals surface area contributed by atoms with Crippen molar-refractivity contribution in [3.63, 3.8) is 0 Å². The van der Waals surface area contributed by atoms with Crippen molar-refractivity contribution in [1.82, 2.24) is 0 Å². The van der Waals surface area contributed by atoms with E-state index in [0.717, 1.165) is 0 Å². The maximum Gasteiger partial charge on any atom is 0.350 e. The van der Waals surface area contributed by atoms with Gasteiger partial charge >= 0.3 is 5.97 Å². The molecular weight excluding hydrogens is 443 g/mol. The van der Waals surface area contributed by atoms with Crippen LogP contribution in [0.5, 0.6) is 5.75 Å². The van der Waals surface area contributed by atoms with Crippen LogP contribution < -0.4 is 4.74 Å². The molecule has 24 heavy (non-hydrogen) atoms. The lowest BCUT2D eigenvalue weighted by Gasteiger charge is -2.23. The van der Waals surface area contributed by atoms with Gasteiger partial charge in [-0.3, -0.25) is 4.79 Å². The quantitative estimate of drug-likeness (QED) is 0.273. The summed E-state index contributed by atoms with van der Waals surface area (Å²) in [5.41, 5.74) is -0.0243. The van der Waals surface area contributed by atoms with Crippen LogP contribution in [-0.2, 0) is 9.53 Å². The number of hydrogen-bond acceptors (Lipinski definition) is 4. The van der Waals surface area contributed by atoms with Crippen LogP contribution in [0, 0.1) is 0 Å². The lowest BCUT2D eigenvalue weighted by molar-refractivity contribution is -0.156. The second-order valence-electron chi connectivity index (χ2n) is 5.51. The molecule has 2 aromatic carbocycles. The van der Waals surface area contributed by atoms with Gasteiger partial charge in [-0.05, 0) is 85.0 Å². The molecule has 0 aliphatic heterocycles. The zero-order valence-corrected chi connectivity index (χ0v) is 16.1. The van der Waals surface area contributed by atoms with Gasteiger partial charge in [-0.1, -0.05) is 11.6 Å². The molecule has 0 amide bonds. The summed E-state index contributed by atoms with van der Waals surface area (Å²) in [5, 5.41) is 0.580. The van der Waals surface area contributed by atoms with Crippen molar-refractivity contribution in [3.8, 4) is 5.75 Å². The lowest BCUT2D eigenvalue weighted by atomic mass is 10.0. The molecule has 0 saturated carbocycles. The van der Waals surface area contributed by atoms with E-state index >= 15 is 0 Å². The molecule has 0 bridgehead atoms. The van der Waals surface area contributed by atoms with E-state index in [1.165, 1.54) is 0 Å². The first-order chi connectivity index (χ1) is 11.3. The van der Waals surface area contributed by atoms with E-state index < -0.39 is 11.6 Å². The van der Waals surface area contributed by atoms with E-state index in [0.29, 0.717) is 21.9 Å². The van der Waals surface area contributed by atoms with Crippen LogP contribution >= 0.6 is 34.2 Å². The molecule has 2 aromatic rings. The van der Waals surface area contributed by atoms with Crippen molar-refractivity contribution in [1.29, 1.82) is 0 Å². The van der Waals surface area contributed by atoms with E-state index in [1.54, 1.807) is 62.4 Å². The Morgan fingerprint density at radius 3 is 2.00 bits per heavy atom. The van der Waals surface area contributed by atoms with Crippen molar-refractivity contribution in [2.45, 2.75) is 19.4 Å². The van der Waals surface area contributed by atoms with Crippen LogP contribution in [-0.4, -0.2) is 22.0 Å². The van der Waals surface area contributed by atoms with Crippen molar-refractivity contribution < 1.29 is 19.1 Å². The first-order valence-corrected chi connectivity index (χ1v) is 9.06. The van der Waals surface area contributed by atoms with Gasteiger partial charge in [0.1, 0.15) is 10.4 Å². The fourth-order valence-electron chi connectivity index (χ4n) is 2.00. The topological polar surface area (TPSA) is 52.6 Å². The maximum atomic E-state index is 12.4. The van der Waals surface area contributed by atoms with Gasteiger partial charge in [-0.15, -0.1) is 0 Å². The molecule has 0 atom stereocenters. The Morgan fingerprint density at radius 1 is 1.00 bits per heavy atom. The third-order valence-corrected chi connectivity index (χ3v) is 3.84. The normalized spacial score (nSPS) is 11.0. The van der Waals surface area contributed by atoms with E-state index in [4.69, 9.17) is 21.1 Å². The smallest absolute Gasteiger partial charge is 0.350 e. The molecule has 0 aromatic heterocycles. The summed E-state index contributed by atoms with van der Waals surface area (Å²) in [7, 11) is 0. The third kappa shape index (κ3) is 4.70. The summed E-state index contributed by atoms with van der Waals surface area (Å²) >= 11 is 7.77. The van der Waals surface area contributed by atoms with Crippen LogP contribution in [0.3, 0.4) is 0 Å². The molecule has 0 fully saturated rings. The zero-order chi connectivity index (χ0) is 17.7. The molecule has 0 heterocycles. The standard InChI is InChI=1S/C18H16ClIO4/c1-18(2,17(22)23-11-20)24-15-9-5-13(6-10-15)16(21)12-3-7-14(19)8-4-12/h3-10H,11H2,1-2H3. The summed E-state index contributed by atoms with van der Waals surface area (Å²) < 4.78 is 10.9. The largest absolute Gasteiger partial charge is 0.476 e. The predicted octanol–water partition coefficient (Wildman–Crippen LogP) is 4.66. The van der Waals surface area contributed by atoms with Crippen molar-refractivity contribution in [2.24, 2.45) is 0 Å². The Labute approximate surface area is 159 Å². The fraction of sp³-hybridized carbons (Fsp3) is 0.222. The zero-order valence-electron chi connectivity index (χ0n) is 13.2. The van der Waals surface area contributed by atoms with Gasteiger partial charge < -0.3 is 9.47 Å². The summed E-state index contributed by atoms with van der Waals surface area (Å²) in [4.78, 5) is 24.2. The highest BCUT2D eigenvalue weighted by Crippen LogP contribution is 2.22. The molecule has 0 aliphatic rings. The molecule has 0 aliphatic carbocycles. The van der Waals surface area contributed by atoms with Crippen LogP contribution in [0.15, 0.2) is 48.5 Å². The molecule has 126 valence electrons. The molecule has 0 N–H and O–H groups in total. The van der Waals surface area contributed by atoms with Gasteiger partial charge in [-0.2, -0.15) is 0 Å². The monoisotopic (exact) mass is 458 g/mol. The molecule has 4 nitrogen and oxygen atoms in total. The van der Waals surface area contributed by atoms with Gasteiger partial charge in [0, 0.05) is 16.1 Å². The van der Waals surface area contributed by atoms with Crippen LogP contribution in [0.2, 0.25) is 5.02 Å². The van der Waals surface area contributed by atoms with Crippen LogP contribution in [0.25, 0.3) is 0 Å². The van der Waals surface area contributed by atoms with Crippen molar-refractivity contribution in [3.05, 3.63) is 64.7 Å².